The fourth-order valence-corrected chi connectivity index (χ4v) is 2.73. The zero-order valence-electron chi connectivity index (χ0n) is 15.6. The predicted octanol–water partition coefficient (Wildman–Crippen LogP) is 6.84. The lowest BCUT2D eigenvalue weighted by Crippen LogP contribution is -2.36. The minimum absolute atomic E-state index is 0.219. The summed E-state index contributed by atoms with van der Waals surface area (Å²) < 4.78 is 67.0. The molecule has 7 heteroatoms. The van der Waals surface area contributed by atoms with Gasteiger partial charge >= 0.3 is 18.1 Å². The summed E-state index contributed by atoms with van der Waals surface area (Å²) in [6.45, 7) is 5.64. The topological polar surface area (TPSA) is 26.3 Å². The fourth-order valence-electron chi connectivity index (χ4n) is 2.73. The molecular weight excluding hydrogens is 355 g/mol. The van der Waals surface area contributed by atoms with Crippen LogP contribution in [0.5, 0.6) is 0 Å². The maximum atomic E-state index is 12.8. The molecule has 0 aliphatic carbocycles. The van der Waals surface area contributed by atoms with Gasteiger partial charge in [0.1, 0.15) is 0 Å². The van der Waals surface area contributed by atoms with Gasteiger partial charge in [-0.25, -0.2) is 0 Å². The van der Waals surface area contributed by atoms with Crippen LogP contribution in [0.3, 0.4) is 0 Å². The number of carbonyl (C=O) groups excluding carboxylic acids is 1. The minimum Gasteiger partial charge on any atom is -0.466 e. The molecule has 0 saturated carbocycles. The number of ether oxygens (including phenoxy) is 1. The molecule has 0 N–H and O–H groups in total. The highest BCUT2D eigenvalue weighted by Gasteiger charge is 2.56. The minimum atomic E-state index is -5.49. The van der Waals surface area contributed by atoms with Gasteiger partial charge < -0.3 is 4.74 Å². The average Bonchev–Trinajstić information content (AvgIpc) is 2.54. The first-order chi connectivity index (χ1) is 12.2. The van der Waals surface area contributed by atoms with Gasteiger partial charge in [0.2, 0.25) is 0 Å². The number of unbranched alkanes of at least 4 members (excludes halogenated alkanes) is 6. The van der Waals surface area contributed by atoms with E-state index in [1.807, 2.05) is 6.08 Å². The van der Waals surface area contributed by atoms with E-state index in [2.05, 4.69) is 6.58 Å². The fraction of sp³-hybridized carbons (Fsp3) is 0.842. The Morgan fingerprint density at radius 1 is 0.962 bits per heavy atom. The number of rotatable bonds is 15. The lowest BCUT2D eigenvalue weighted by atomic mass is 9.94. The van der Waals surface area contributed by atoms with Crippen LogP contribution in [-0.2, 0) is 9.53 Å². The van der Waals surface area contributed by atoms with Gasteiger partial charge in [-0.1, -0.05) is 38.2 Å². The van der Waals surface area contributed by atoms with Crippen LogP contribution in [0.1, 0.15) is 77.6 Å². The Bertz CT molecular complexity index is 394. The number of allylic oxidation sites excluding steroid dienone is 1. The second kappa shape index (κ2) is 13.1. The summed E-state index contributed by atoms with van der Waals surface area (Å²) in [6.07, 6.45) is 1.67. The van der Waals surface area contributed by atoms with Crippen molar-refractivity contribution in [1.29, 1.82) is 0 Å². The molecule has 0 aliphatic rings. The third-order valence-electron chi connectivity index (χ3n) is 4.29. The summed E-state index contributed by atoms with van der Waals surface area (Å²) >= 11 is 0. The summed E-state index contributed by atoms with van der Waals surface area (Å²) in [7, 11) is 0. The van der Waals surface area contributed by atoms with Gasteiger partial charge in [-0.2, -0.15) is 22.0 Å². The van der Waals surface area contributed by atoms with Crippen molar-refractivity contribution in [2.45, 2.75) is 89.7 Å². The van der Waals surface area contributed by atoms with Gasteiger partial charge in [-0.05, 0) is 39.0 Å². The molecule has 0 bridgehead atoms. The van der Waals surface area contributed by atoms with Crippen LogP contribution in [-0.4, -0.2) is 24.7 Å². The summed E-state index contributed by atoms with van der Waals surface area (Å²) in [6, 6.07) is 0. The number of hydrogen-bond acceptors (Lipinski definition) is 2. The molecule has 0 aromatic carbocycles. The Balaban J connectivity index is 4.15. The van der Waals surface area contributed by atoms with E-state index in [-0.39, 0.29) is 31.3 Å². The van der Waals surface area contributed by atoms with Crippen LogP contribution < -0.4 is 0 Å². The van der Waals surface area contributed by atoms with Crippen molar-refractivity contribution in [1.82, 2.24) is 0 Å². The van der Waals surface area contributed by atoms with Gasteiger partial charge in [-0.15, -0.1) is 6.58 Å². The summed E-state index contributed by atoms with van der Waals surface area (Å²) in [5, 5.41) is 0. The quantitative estimate of drug-likeness (QED) is 0.133. The van der Waals surface area contributed by atoms with Gasteiger partial charge in [0.25, 0.3) is 0 Å². The van der Waals surface area contributed by atoms with Crippen molar-refractivity contribution < 1.29 is 31.5 Å². The summed E-state index contributed by atoms with van der Waals surface area (Å²) in [5.41, 5.74) is 0. The second-order valence-corrected chi connectivity index (χ2v) is 6.53. The standard InChI is InChI=1S/C19H31F5O2/c1-3-5-6-7-8-10-13-16(17(25)26-4-2)14-11-9-12-15-18(20,21)19(22,23)24/h3,16H,1,4-15H2,2H3. The van der Waals surface area contributed by atoms with Gasteiger partial charge in [0, 0.05) is 6.42 Å². The highest BCUT2D eigenvalue weighted by molar-refractivity contribution is 5.72. The Labute approximate surface area is 153 Å². The molecule has 0 spiro atoms. The first-order valence-electron chi connectivity index (χ1n) is 9.37. The number of alkyl halides is 5. The average molecular weight is 386 g/mol. The van der Waals surface area contributed by atoms with Crippen molar-refractivity contribution in [3.8, 4) is 0 Å². The van der Waals surface area contributed by atoms with Crippen molar-refractivity contribution in [2.75, 3.05) is 6.61 Å². The molecule has 0 saturated heterocycles. The Morgan fingerprint density at radius 3 is 2.00 bits per heavy atom. The number of carbonyl (C=O) groups is 1. The van der Waals surface area contributed by atoms with Crippen molar-refractivity contribution in [2.24, 2.45) is 5.92 Å². The van der Waals surface area contributed by atoms with Crippen molar-refractivity contribution in [3.05, 3.63) is 12.7 Å². The number of hydrogen-bond donors (Lipinski definition) is 0. The molecule has 0 heterocycles. The first-order valence-corrected chi connectivity index (χ1v) is 9.37. The van der Waals surface area contributed by atoms with E-state index in [4.69, 9.17) is 4.74 Å². The van der Waals surface area contributed by atoms with Crippen LogP contribution in [0.25, 0.3) is 0 Å². The second-order valence-electron chi connectivity index (χ2n) is 6.53. The smallest absolute Gasteiger partial charge is 0.453 e. The lowest BCUT2D eigenvalue weighted by Gasteiger charge is -2.19. The highest BCUT2D eigenvalue weighted by atomic mass is 19.4. The molecule has 2 nitrogen and oxygen atoms in total. The maximum absolute atomic E-state index is 12.8. The zero-order chi connectivity index (χ0) is 20.1. The zero-order valence-corrected chi connectivity index (χ0v) is 15.6. The molecule has 1 atom stereocenters. The van der Waals surface area contributed by atoms with E-state index < -0.39 is 18.5 Å². The SMILES string of the molecule is C=CCCCCCCC(CCCCCC(F)(F)C(F)(F)F)C(=O)OCC. The summed E-state index contributed by atoms with van der Waals surface area (Å²) in [4.78, 5) is 12.0. The normalized spacial score (nSPS) is 13.5. The molecule has 0 fully saturated rings. The van der Waals surface area contributed by atoms with Crippen LogP contribution in [0, 0.1) is 5.92 Å². The summed E-state index contributed by atoms with van der Waals surface area (Å²) in [5.74, 6) is -5.25. The molecule has 0 aromatic rings. The molecule has 0 radical (unpaired) electrons. The number of halogens is 5. The van der Waals surface area contributed by atoms with E-state index >= 15 is 0 Å². The Hall–Kier alpha value is -1.14. The van der Waals surface area contributed by atoms with Gasteiger partial charge in [0.15, 0.2) is 0 Å². The predicted molar refractivity (Wildman–Crippen MR) is 92.1 cm³/mol. The van der Waals surface area contributed by atoms with Gasteiger partial charge in [-0.3, -0.25) is 4.79 Å². The van der Waals surface area contributed by atoms with E-state index in [9.17, 15) is 26.7 Å². The molecule has 0 aliphatic heterocycles. The Kier molecular flexibility index (Phi) is 12.5. The van der Waals surface area contributed by atoms with Gasteiger partial charge in [0.05, 0.1) is 12.5 Å². The van der Waals surface area contributed by atoms with E-state index in [1.54, 1.807) is 6.92 Å². The third kappa shape index (κ3) is 10.8. The van der Waals surface area contributed by atoms with Crippen LogP contribution in [0.4, 0.5) is 22.0 Å². The largest absolute Gasteiger partial charge is 0.466 e. The van der Waals surface area contributed by atoms with Crippen LogP contribution in [0.2, 0.25) is 0 Å². The van der Waals surface area contributed by atoms with Crippen molar-refractivity contribution >= 4 is 5.97 Å². The molecule has 154 valence electrons. The van der Waals surface area contributed by atoms with Crippen LogP contribution >= 0.6 is 0 Å². The molecule has 1 unspecified atom stereocenters. The molecule has 0 aromatic heterocycles. The van der Waals surface area contributed by atoms with E-state index in [0.29, 0.717) is 19.3 Å². The van der Waals surface area contributed by atoms with E-state index in [0.717, 1.165) is 32.1 Å². The highest BCUT2D eigenvalue weighted by Crippen LogP contribution is 2.39. The van der Waals surface area contributed by atoms with Crippen molar-refractivity contribution in [3.63, 3.8) is 0 Å². The Morgan fingerprint density at radius 2 is 1.50 bits per heavy atom. The molecule has 0 amide bonds. The number of esters is 1. The molecule has 0 rings (SSSR count). The molecular formula is C19H31F5O2. The third-order valence-corrected chi connectivity index (χ3v) is 4.29. The lowest BCUT2D eigenvalue weighted by molar-refractivity contribution is -0.284. The monoisotopic (exact) mass is 386 g/mol. The molecule has 26 heavy (non-hydrogen) atoms. The maximum Gasteiger partial charge on any atom is 0.453 e. The van der Waals surface area contributed by atoms with E-state index in [1.165, 1.54) is 0 Å². The van der Waals surface area contributed by atoms with Crippen LogP contribution in [0.15, 0.2) is 12.7 Å². The first kappa shape index (κ1) is 24.9.